The number of aromatic nitrogens is 2. The van der Waals surface area contributed by atoms with Gasteiger partial charge in [0.2, 0.25) is 0 Å². The minimum Gasteiger partial charge on any atom is -0.310 e. The van der Waals surface area contributed by atoms with Crippen molar-refractivity contribution in [1.29, 1.82) is 0 Å². The lowest BCUT2D eigenvalue weighted by Crippen LogP contribution is -2.09. The van der Waals surface area contributed by atoms with Crippen molar-refractivity contribution in [3.05, 3.63) is 437 Å². The molecule has 0 aliphatic rings. The molecule has 0 saturated carbocycles. The molecule has 23 rings (SSSR count). The highest BCUT2D eigenvalue weighted by atomic mass is 32.1. The number of hydrogen-bond donors (Lipinski definition) is 0. The fourth-order valence-electron chi connectivity index (χ4n) is 17.5. The number of thiophene rings is 2. The normalized spacial score (nSPS) is 11.6. The number of fused-ring (bicyclic) bond motifs is 16. The van der Waals surface area contributed by atoms with E-state index >= 15 is 0 Å². The summed E-state index contributed by atoms with van der Waals surface area (Å²) < 4.78 is 9.99. The van der Waals surface area contributed by atoms with E-state index < -0.39 is 0 Å². The molecule has 544 valence electrons. The van der Waals surface area contributed by atoms with Crippen molar-refractivity contribution in [2.24, 2.45) is 0 Å². The summed E-state index contributed by atoms with van der Waals surface area (Å²) in [5, 5.41) is 15.4. The van der Waals surface area contributed by atoms with Gasteiger partial charge in [-0.15, -0.1) is 22.7 Å². The molecule has 0 atom stereocenters. The van der Waals surface area contributed by atoms with Gasteiger partial charge in [-0.2, -0.15) is 0 Å². The van der Waals surface area contributed by atoms with Gasteiger partial charge in [0, 0.05) is 107 Å². The number of benzene rings is 19. The van der Waals surface area contributed by atoms with Crippen molar-refractivity contribution in [3.8, 4) is 67.0 Å². The van der Waals surface area contributed by atoms with Crippen LogP contribution in [0, 0.1) is 0 Å². The molecular weight excluding hydrogens is 1440 g/mol. The van der Waals surface area contributed by atoms with Gasteiger partial charge in [-0.1, -0.05) is 297 Å². The van der Waals surface area contributed by atoms with Crippen LogP contribution in [-0.4, -0.2) is 9.13 Å². The van der Waals surface area contributed by atoms with E-state index in [0.717, 1.165) is 34.1 Å². The van der Waals surface area contributed by atoms with Crippen LogP contribution in [0.25, 0.3) is 173 Å². The molecule has 4 heterocycles. The molecule has 0 aliphatic carbocycles. The number of anilines is 6. The zero-order chi connectivity index (χ0) is 76.6. The van der Waals surface area contributed by atoms with Crippen molar-refractivity contribution in [3.63, 3.8) is 0 Å². The predicted molar refractivity (Wildman–Crippen MR) is 499 cm³/mol. The van der Waals surface area contributed by atoms with Gasteiger partial charge in [0.05, 0.1) is 22.1 Å². The minimum absolute atomic E-state index is 1.11. The third-order valence-corrected chi connectivity index (χ3v) is 25.5. The van der Waals surface area contributed by atoms with Gasteiger partial charge in [0.15, 0.2) is 0 Å². The van der Waals surface area contributed by atoms with Gasteiger partial charge in [0.25, 0.3) is 0 Å². The van der Waals surface area contributed by atoms with E-state index in [1.807, 2.05) is 22.7 Å². The standard InChI is InChI=1S/C58H38N2S.C52H34N2S/c1-3-13-39(14-4-1)40-25-29-47(30-26-40)59(49-31-33-52-53-32-27-41-15-7-8-22-50(41)58(53)61-57(52)38-49)48-21-12-18-44(36-48)42-16-11-17-43(35-42)45-28-34-56-54(37-45)51-23-9-10-24-55(51)60(56)46-19-5-2-6-20-46;1-3-11-35(12-4-1)36-19-25-41(26-20-36)53(43-29-31-46-47-30-23-38-13-7-8-16-44(38)52(47)55-51(46)34-43)42-27-21-37(22-28-42)39-24-32-50-48(33-39)45-17-9-10-18-49(45)54(50)40-14-5-2-6-15-40/h1-38H;1-34H. The molecule has 0 unspecified atom stereocenters. The average molecular weight is 1510 g/mol. The summed E-state index contributed by atoms with van der Waals surface area (Å²) >= 11 is 3.77. The first-order valence-electron chi connectivity index (χ1n) is 39.6. The van der Waals surface area contributed by atoms with Crippen LogP contribution in [0.15, 0.2) is 437 Å². The summed E-state index contributed by atoms with van der Waals surface area (Å²) in [6.45, 7) is 0. The van der Waals surface area contributed by atoms with Crippen LogP contribution in [0.4, 0.5) is 34.1 Å². The Labute approximate surface area is 680 Å². The van der Waals surface area contributed by atoms with Gasteiger partial charge in [-0.25, -0.2) is 0 Å². The van der Waals surface area contributed by atoms with Gasteiger partial charge in [0.1, 0.15) is 0 Å². The van der Waals surface area contributed by atoms with Crippen LogP contribution in [-0.2, 0) is 0 Å². The molecular formula is C110H72N4S2. The molecule has 0 saturated heterocycles. The third kappa shape index (κ3) is 12.1. The van der Waals surface area contributed by atoms with Crippen molar-refractivity contribution in [2.45, 2.75) is 0 Å². The Morgan fingerprint density at radius 2 is 0.466 bits per heavy atom. The van der Waals surface area contributed by atoms with Crippen LogP contribution in [0.5, 0.6) is 0 Å². The quantitative estimate of drug-likeness (QED) is 0.114. The third-order valence-electron chi connectivity index (χ3n) is 23.1. The minimum atomic E-state index is 1.11. The van der Waals surface area contributed by atoms with E-state index in [-0.39, 0.29) is 0 Å². The monoisotopic (exact) mass is 1510 g/mol. The zero-order valence-electron chi connectivity index (χ0n) is 63.2. The number of hydrogen-bond acceptors (Lipinski definition) is 4. The van der Waals surface area contributed by atoms with E-state index in [9.17, 15) is 0 Å². The van der Waals surface area contributed by atoms with E-state index in [1.165, 1.54) is 173 Å². The largest absolute Gasteiger partial charge is 0.310 e. The molecule has 0 fully saturated rings. The first kappa shape index (κ1) is 68.2. The average Bonchev–Trinajstić information content (AvgIpc) is 1.60. The maximum absolute atomic E-state index is 2.40. The van der Waals surface area contributed by atoms with Crippen LogP contribution >= 0.6 is 22.7 Å². The predicted octanol–water partition coefficient (Wildman–Crippen LogP) is 31.9. The van der Waals surface area contributed by atoms with E-state index in [1.54, 1.807) is 0 Å². The molecule has 0 aliphatic heterocycles. The fraction of sp³-hybridized carbons (Fsp3) is 0. The van der Waals surface area contributed by atoms with Crippen LogP contribution in [0.3, 0.4) is 0 Å². The molecule has 23 aromatic rings. The van der Waals surface area contributed by atoms with E-state index in [2.05, 4.69) is 456 Å². The summed E-state index contributed by atoms with van der Waals surface area (Å²) in [6.07, 6.45) is 0. The molecule has 6 heteroatoms. The smallest absolute Gasteiger partial charge is 0.0541 e. The van der Waals surface area contributed by atoms with Crippen LogP contribution in [0.2, 0.25) is 0 Å². The fourth-order valence-corrected chi connectivity index (χ4v) is 20.1. The van der Waals surface area contributed by atoms with E-state index in [0.29, 0.717) is 0 Å². The Morgan fingerprint density at radius 3 is 0.922 bits per heavy atom. The summed E-state index contributed by atoms with van der Waals surface area (Å²) in [7, 11) is 0. The van der Waals surface area contributed by atoms with Crippen LogP contribution in [0.1, 0.15) is 0 Å². The molecule has 0 amide bonds. The van der Waals surface area contributed by atoms with E-state index in [4.69, 9.17) is 0 Å². The van der Waals surface area contributed by atoms with Crippen LogP contribution < -0.4 is 9.80 Å². The number of nitrogens with zero attached hydrogens (tertiary/aromatic N) is 4. The van der Waals surface area contributed by atoms with Gasteiger partial charge in [-0.3, -0.25) is 0 Å². The molecule has 4 aromatic heterocycles. The van der Waals surface area contributed by atoms with Gasteiger partial charge in [-0.05, 0) is 217 Å². The zero-order valence-corrected chi connectivity index (χ0v) is 64.8. The Hall–Kier alpha value is -14.7. The maximum Gasteiger partial charge on any atom is 0.0541 e. The highest BCUT2D eigenvalue weighted by molar-refractivity contribution is 7.27. The number of para-hydroxylation sites is 4. The lowest BCUT2D eigenvalue weighted by molar-refractivity contribution is 1.18. The molecule has 0 bridgehead atoms. The first-order chi connectivity index (χ1) is 57.5. The van der Waals surface area contributed by atoms with Crippen molar-refractivity contribution in [2.75, 3.05) is 9.80 Å². The summed E-state index contributed by atoms with van der Waals surface area (Å²) in [6, 6.07) is 159. The van der Waals surface area contributed by atoms with Gasteiger partial charge >= 0.3 is 0 Å². The topological polar surface area (TPSA) is 16.3 Å². The van der Waals surface area contributed by atoms with Gasteiger partial charge < -0.3 is 18.9 Å². The number of rotatable bonds is 13. The molecule has 116 heavy (non-hydrogen) atoms. The lowest BCUT2D eigenvalue weighted by Gasteiger charge is -2.26. The molecule has 0 N–H and O–H groups in total. The Balaban J connectivity index is 0.000000141. The molecule has 4 nitrogen and oxygen atoms in total. The summed E-state index contributed by atoms with van der Waals surface area (Å²) in [4.78, 5) is 4.79. The molecule has 19 aromatic carbocycles. The Morgan fingerprint density at radius 1 is 0.164 bits per heavy atom. The SMILES string of the molecule is c1ccc(-c2ccc(N(c3ccc(-c4ccc5c(c4)c4ccccc4n5-c4ccccc4)cc3)c3ccc4c(c3)sc3c5ccccc5ccc43)cc2)cc1.c1ccc(-c2ccc(N(c3cccc(-c4cccc(-c5ccc6c(c5)c5ccccc5n6-c5ccccc5)c4)c3)c3ccc4c(c3)sc3c5ccccc5ccc43)cc2)cc1. The first-order valence-corrected chi connectivity index (χ1v) is 41.2. The maximum atomic E-state index is 2.40. The lowest BCUT2D eigenvalue weighted by atomic mass is 9.97. The van der Waals surface area contributed by atoms with Crippen molar-refractivity contribution >= 4 is 162 Å². The summed E-state index contributed by atoms with van der Waals surface area (Å²) in [5.41, 5.74) is 25.9. The Kier molecular flexibility index (Phi) is 16.9. The second kappa shape index (κ2) is 28.8. The van der Waals surface area contributed by atoms with Crippen molar-refractivity contribution in [1.82, 2.24) is 9.13 Å². The highest BCUT2D eigenvalue weighted by Crippen LogP contribution is 2.48. The summed E-state index contributed by atoms with van der Waals surface area (Å²) in [5.74, 6) is 0. The highest BCUT2D eigenvalue weighted by Gasteiger charge is 2.22. The Bertz CT molecular complexity index is 7670. The molecule has 0 radical (unpaired) electrons. The second-order valence-electron chi connectivity index (χ2n) is 29.9. The molecule has 0 spiro atoms. The second-order valence-corrected chi connectivity index (χ2v) is 32.0. The van der Waals surface area contributed by atoms with Crippen molar-refractivity contribution < 1.29 is 0 Å².